The van der Waals surface area contributed by atoms with Crippen LogP contribution in [0.1, 0.15) is 33.3 Å². The van der Waals surface area contributed by atoms with Gasteiger partial charge in [0.1, 0.15) is 23.8 Å². The summed E-state index contributed by atoms with van der Waals surface area (Å²) in [7, 11) is 3.22. The number of ether oxygens (including phenoxy) is 2. The van der Waals surface area contributed by atoms with E-state index in [0.29, 0.717) is 35.9 Å². The molecule has 1 aromatic carbocycles. The lowest BCUT2D eigenvalue weighted by Crippen LogP contribution is -2.04. The molecule has 0 N–H and O–H groups in total. The molecule has 3 aromatic heterocycles. The molecule has 0 unspecified atom stereocenters. The second-order valence-electron chi connectivity index (χ2n) is 7.05. The topological polar surface area (TPSA) is 92.3 Å². The van der Waals surface area contributed by atoms with E-state index in [1.165, 1.54) is 13.3 Å². The fourth-order valence-electron chi connectivity index (χ4n) is 3.15. The van der Waals surface area contributed by atoms with Crippen LogP contribution in [0.2, 0.25) is 0 Å². The molecule has 4 aromatic rings. The summed E-state index contributed by atoms with van der Waals surface area (Å²) in [5.41, 5.74) is 3.93. The predicted octanol–water partition coefficient (Wildman–Crippen LogP) is 3.73. The van der Waals surface area contributed by atoms with E-state index in [1.807, 2.05) is 50.6 Å². The third kappa shape index (κ3) is 4.80. The number of aryl methyl sites for hydroxylation is 2. The Hall–Kier alpha value is -3.94. The van der Waals surface area contributed by atoms with Crippen LogP contribution in [0.4, 0.5) is 0 Å². The first kappa shape index (κ1) is 20.3. The normalized spacial score (nSPS) is 10.8. The maximum atomic E-state index is 11.5. The minimum absolute atomic E-state index is 0.291. The van der Waals surface area contributed by atoms with Crippen LogP contribution in [0.25, 0.3) is 11.3 Å². The number of carbonyl (C=O) groups excluding carboxylic acids is 1. The molecule has 0 aliphatic carbocycles. The van der Waals surface area contributed by atoms with Crippen LogP contribution < -0.4 is 4.74 Å². The van der Waals surface area contributed by atoms with Crippen LogP contribution in [0.5, 0.6) is 5.75 Å². The molecule has 0 atom stereocenters. The van der Waals surface area contributed by atoms with Crippen molar-refractivity contribution in [2.24, 2.45) is 7.05 Å². The number of pyridine rings is 1. The summed E-state index contributed by atoms with van der Waals surface area (Å²) >= 11 is 0. The van der Waals surface area contributed by atoms with Crippen LogP contribution in [0, 0.1) is 6.92 Å². The minimum atomic E-state index is -0.415. The van der Waals surface area contributed by atoms with Crippen LogP contribution in [-0.2, 0) is 24.8 Å². The van der Waals surface area contributed by atoms with Crippen molar-refractivity contribution in [3.05, 3.63) is 83.5 Å². The average Bonchev–Trinajstić information content (AvgIpc) is 3.37. The van der Waals surface area contributed by atoms with Gasteiger partial charge in [-0.05, 0) is 48.9 Å². The number of hydrogen-bond acceptors (Lipinski definition) is 7. The van der Waals surface area contributed by atoms with Gasteiger partial charge in [0.25, 0.3) is 0 Å². The molecule has 4 rings (SSSR count). The molecule has 0 saturated carbocycles. The van der Waals surface area contributed by atoms with Crippen molar-refractivity contribution < 1.29 is 18.7 Å². The number of hydrogen-bond donors (Lipinski definition) is 0. The summed E-state index contributed by atoms with van der Waals surface area (Å²) in [5.74, 6) is 1.71. The van der Waals surface area contributed by atoms with Gasteiger partial charge < -0.3 is 13.9 Å². The van der Waals surface area contributed by atoms with Gasteiger partial charge in [0, 0.05) is 25.0 Å². The summed E-state index contributed by atoms with van der Waals surface area (Å²) in [6.07, 6.45) is 5.83. The summed E-state index contributed by atoms with van der Waals surface area (Å²) < 4.78 is 18.1. The highest BCUT2D eigenvalue weighted by atomic mass is 16.5. The van der Waals surface area contributed by atoms with Gasteiger partial charge in [0.05, 0.1) is 31.0 Å². The maximum Gasteiger partial charge on any atom is 0.339 e. The molecule has 0 aliphatic rings. The zero-order chi connectivity index (χ0) is 21.8. The number of benzene rings is 1. The quantitative estimate of drug-likeness (QED) is 0.422. The molecule has 0 aliphatic heterocycles. The van der Waals surface area contributed by atoms with Crippen LogP contribution in [0.15, 0.2) is 59.4 Å². The fraction of sp³-hybridized carbons (Fsp3) is 0.217. The van der Waals surface area contributed by atoms with E-state index in [1.54, 1.807) is 16.8 Å². The monoisotopic (exact) mass is 418 g/mol. The number of carbonyl (C=O) groups is 1. The molecule has 0 spiro atoms. The molecule has 0 bridgehead atoms. The van der Waals surface area contributed by atoms with Crippen molar-refractivity contribution in [2.45, 2.75) is 20.0 Å². The van der Waals surface area contributed by atoms with Crippen molar-refractivity contribution in [2.75, 3.05) is 7.11 Å². The number of esters is 1. The van der Waals surface area contributed by atoms with Gasteiger partial charge in [0.2, 0.25) is 0 Å². The summed E-state index contributed by atoms with van der Waals surface area (Å²) in [4.78, 5) is 20.3. The highest BCUT2D eigenvalue weighted by Crippen LogP contribution is 2.26. The zero-order valence-corrected chi connectivity index (χ0v) is 17.5. The third-order valence-electron chi connectivity index (χ3n) is 4.71. The SMILES string of the molecule is COC(=O)c1ccc(COc2ccc(-c3nc(Cc4cnn(C)c4)oc3C)cc2)nc1. The van der Waals surface area contributed by atoms with Gasteiger partial charge in [-0.3, -0.25) is 9.67 Å². The number of methoxy groups -OCH3 is 1. The zero-order valence-electron chi connectivity index (χ0n) is 17.5. The van der Waals surface area contributed by atoms with E-state index in [4.69, 9.17) is 9.15 Å². The molecular weight excluding hydrogens is 396 g/mol. The summed E-state index contributed by atoms with van der Waals surface area (Å²) in [6, 6.07) is 11.1. The Morgan fingerprint density at radius 2 is 1.94 bits per heavy atom. The predicted molar refractivity (Wildman–Crippen MR) is 113 cm³/mol. The highest BCUT2D eigenvalue weighted by molar-refractivity contribution is 5.88. The lowest BCUT2D eigenvalue weighted by atomic mass is 10.1. The third-order valence-corrected chi connectivity index (χ3v) is 4.71. The van der Waals surface area contributed by atoms with Crippen LogP contribution in [0.3, 0.4) is 0 Å². The van der Waals surface area contributed by atoms with Crippen LogP contribution >= 0.6 is 0 Å². The molecule has 158 valence electrons. The Morgan fingerprint density at radius 3 is 2.58 bits per heavy atom. The molecule has 3 heterocycles. The van der Waals surface area contributed by atoms with E-state index in [0.717, 1.165) is 22.6 Å². The van der Waals surface area contributed by atoms with E-state index in [9.17, 15) is 4.79 Å². The first-order valence-corrected chi connectivity index (χ1v) is 9.72. The highest BCUT2D eigenvalue weighted by Gasteiger charge is 2.13. The Balaban J connectivity index is 1.39. The second kappa shape index (κ2) is 8.83. The Bertz CT molecular complexity index is 1180. The van der Waals surface area contributed by atoms with E-state index >= 15 is 0 Å². The molecule has 8 heteroatoms. The second-order valence-corrected chi connectivity index (χ2v) is 7.05. The van der Waals surface area contributed by atoms with E-state index < -0.39 is 5.97 Å². The Morgan fingerprint density at radius 1 is 1.13 bits per heavy atom. The first-order chi connectivity index (χ1) is 15.0. The lowest BCUT2D eigenvalue weighted by Gasteiger charge is -2.07. The standard InChI is InChI=1S/C23H22N4O4/c1-15-22(26-21(31-15)10-16-11-25-27(2)13-16)17-5-8-20(9-6-17)30-14-19-7-4-18(12-24-19)23(28)29-3/h4-9,11-13H,10,14H2,1-3H3. The first-order valence-electron chi connectivity index (χ1n) is 9.72. The number of oxazole rings is 1. The van der Waals surface area contributed by atoms with Gasteiger partial charge in [-0.2, -0.15) is 5.10 Å². The molecule has 0 radical (unpaired) electrons. The van der Waals surface area contributed by atoms with E-state index in [-0.39, 0.29) is 0 Å². The fourth-order valence-corrected chi connectivity index (χ4v) is 3.15. The smallest absolute Gasteiger partial charge is 0.339 e. The van der Waals surface area contributed by atoms with Crippen molar-refractivity contribution in [1.82, 2.24) is 19.7 Å². The lowest BCUT2D eigenvalue weighted by molar-refractivity contribution is 0.0600. The Labute approximate surface area is 179 Å². The largest absolute Gasteiger partial charge is 0.487 e. The molecule has 31 heavy (non-hydrogen) atoms. The van der Waals surface area contributed by atoms with Gasteiger partial charge in [-0.1, -0.05) is 0 Å². The van der Waals surface area contributed by atoms with Crippen molar-refractivity contribution in [1.29, 1.82) is 0 Å². The molecule has 0 saturated heterocycles. The number of aromatic nitrogens is 4. The molecule has 0 amide bonds. The minimum Gasteiger partial charge on any atom is -0.487 e. The van der Waals surface area contributed by atoms with E-state index in [2.05, 4.69) is 19.8 Å². The van der Waals surface area contributed by atoms with Gasteiger partial charge in [-0.15, -0.1) is 0 Å². The van der Waals surface area contributed by atoms with Crippen LogP contribution in [-0.4, -0.2) is 32.8 Å². The average molecular weight is 418 g/mol. The number of nitrogens with zero attached hydrogens (tertiary/aromatic N) is 4. The molecular formula is C23H22N4O4. The van der Waals surface area contributed by atoms with Gasteiger partial charge in [0.15, 0.2) is 5.89 Å². The van der Waals surface area contributed by atoms with Crippen molar-refractivity contribution in [3.63, 3.8) is 0 Å². The summed E-state index contributed by atoms with van der Waals surface area (Å²) in [6.45, 7) is 2.20. The van der Waals surface area contributed by atoms with Gasteiger partial charge in [-0.25, -0.2) is 9.78 Å². The van der Waals surface area contributed by atoms with Gasteiger partial charge >= 0.3 is 5.97 Å². The molecule has 8 nitrogen and oxygen atoms in total. The molecule has 0 fully saturated rings. The van der Waals surface area contributed by atoms with Crippen molar-refractivity contribution >= 4 is 5.97 Å². The summed E-state index contributed by atoms with van der Waals surface area (Å²) in [5, 5.41) is 4.17. The Kier molecular flexibility index (Phi) is 5.79. The maximum absolute atomic E-state index is 11.5. The number of rotatable bonds is 7. The van der Waals surface area contributed by atoms with Crippen molar-refractivity contribution in [3.8, 4) is 17.0 Å².